The highest BCUT2D eigenvalue weighted by Crippen LogP contribution is 2.25. The Labute approximate surface area is 181 Å². The second-order valence-electron chi connectivity index (χ2n) is 7.42. The number of ether oxygens (including phenoxy) is 1. The van der Waals surface area contributed by atoms with Crippen molar-refractivity contribution in [3.8, 4) is 0 Å². The Morgan fingerprint density at radius 2 is 1.71 bits per heavy atom. The van der Waals surface area contributed by atoms with E-state index in [0.717, 1.165) is 16.8 Å². The fourth-order valence-electron chi connectivity index (χ4n) is 3.46. The number of carboxylic acid groups (broad SMARTS) is 1. The highest BCUT2D eigenvalue weighted by molar-refractivity contribution is 6.01. The minimum absolute atomic E-state index is 0.0302. The van der Waals surface area contributed by atoms with Gasteiger partial charge >= 0.3 is 12.1 Å². The van der Waals surface area contributed by atoms with Crippen LogP contribution in [0.2, 0.25) is 0 Å². The van der Waals surface area contributed by atoms with Crippen LogP contribution in [0, 0.1) is 6.92 Å². The standard InChI is InChI=1S/C23H27N3O5/c1-3-31-23(30)26-12-10-25(11-13-26)18-8-9-20(19(15-18)22(28)29)24-21(27)14-17-6-4-16(2)5-7-17/h4-9,15H,3,10-14H2,1-2H3,(H,24,27)(H,28,29). The summed E-state index contributed by atoms with van der Waals surface area (Å²) in [7, 11) is 0. The van der Waals surface area contributed by atoms with E-state index in [1.54, 1.807) is 30.0 Å². The summed E-state index contributed by atoms with van der Waals surface area (Å²) in [5, 5.41) is 12.4. The average Bonchev–Trinajstić information content (AvgIpc) is 2.76. The van der Waals surface area contributed by atoms with E-state index in [4.69, 9.17) is 4.74 Å². The van der Waals surface area contributed by atoms with Gasteiger partial charge in [-0.15, -0.1) is 0 Å². The predicted octanol–water partition coefficient (Wildman–Crippen LogP) is 3.15. The number of benzene rings is 2. The number of amides is 2. The summed E-state index contributed by atoms with van der Waals surface area (Å²) in [5.41, 5.74) is 2.99. The zero-order chi connectivity index (χ0) is 22.4. The molecule has 1 saturated heterocycles. The summed E-state index contributed by atoms with van der Waals surface area (Å²) in [6, 6.07) is 12.6. The summed E-state index contributed by atoms with van der Waals surface area (Å²) in [6.07, 6.45) is -0.170. The third kappa shape index (κ3) is 5.75. The van der Waals surface area contributed by atoms with Gasteiger partial charge < -0.3 is 25.0 Å². The van der Waals surface area contributed by atoms with Crippen LogP contribution in [0.25, 0.3) is 0 Å². The van der Waals surface area contributed by atoms with Gasteiger partial charge in [0.2, 0.25) is 5.91 Å². The van der Waals surface area contributed by atoms with Crippen LogP contribution in [0.5, 0.6) is 0 Å². The van der Waals surface area contributed by atoms with Crippen molar-refractivity contribution in [2.24, 2.45) is 0 Å². The molecule has 1 fully saturated rings. The van der Waals surface area contributed by atoms with Crippen molar-refractivity contribution in [1.82, 2.24) is 4.90 Å². The molecule has 1 heterocycles. The fourth-order valence-corrected chi connectivity index (χ4v) is 3.46. The first-order valence-electron chi connectivity index (χ1n) is 10.3. The van der Waals surface area contributed by atoms with Crippen molar-refractivity contribution in [3.05, 3.63) is 59.2 Å². The lowest BCUT2D eigenvalue weighted by molar-refractivity contribution is -0.115. The maximum absolute atomic E-state index is 12.4. The maximum atomic E-state index is 12.4. The second-order valence-corrected chi connectivity index (χ2v) is 7.42. The van der Waals surface area contributed by atoms with Gasteiger partial charge in [-0.25, -0.2) is 9.59 Å². The van der Waals surface area contributed by atoms with Gasteiger partial charge in [0.05, 0.1) is 24.3 Å². The van der Waals surface area contributed by atoms with Gasteiger partial charge in [-0.3, -0.25) is 4.79 Å². The fraction of sp³-hybridized carbons (Fsp3) is 0.348. The molecule has 2 amide bonds. The lowest BCUT2D eigenvalue weighted by Gasteiger charge is -2.35. The third-order valence-corrected chi connectivity index (χ3v) is 5.16. The monoisotopic (exact) mass is 425 g/mol. The SMILES string of the molecule is CCOC(=O)N1CCN(c2ccc(NC(=O)Cc3ccc(C)cc3)c(C(=O)O)c2)CC1. The van der Waals surface area contributed by atoms with Crippen molar-refractivity contribution in [2.75, 3.05) is 43.0 Å². The van der Waals surface area contributed by atoms with E-state index in [0.29, 0.717) is 32.8 Å². The van der Waals surface area contributed by atoms with Crippen molar-refractivity contribution in [1.29, 1.82) is 0 Å². The summed E-state index contributed by atoms with van der Waals surface area (Å²) in [4.78, 5) is 39.7. The molecule has 0 bridgehead atoms. The van der Waals surface area contributed by atoms with Gasteiger partial charge in [-0.2, -0.15) is 0 Å². The van der Waals surface area contributed by atoms with Crippen LogP contribution in [0.1, 0.15) is 28.4 Å². The molecule has 2 N–H and O–H groups in total. The zero-order valence-corrected chi connectivity index (χ0v) is 17.8. The number of nitrogens with one attached hydrogen (secondary N) is 1. The number of rotatable bonds is 6. The van der Waals surface area contributed by atoms with Gasteiger partial charge in [0.25, 0.3) is 0 Å². The van der Waals surface area contributed by atoms with E-state index in [9.17, 15) is 19.5 Å². The number of carbonyl (C=O) groups excluding carboxylic acids is 2. The number of aryl methyl sites for hydroxylation is 1. The van der Waals surface area contributed by atoms with Crippen LogP contribution in [-0.2, 0) is 16.0 Å². The molecule has 0 aliphatic carbocycles. The zero-order valence-electron chi connectivity index (χ0n) is 17.8. The summed E-state index contributed by atoms with van der Waals surface area (Å²) in [5.74, 6) is -1.39. The number of carboxylic acids is 1. The Morgan fingerprint density at radius 1 is 1.03 bits per heavy atom. The average molecular weight is 425 g/mol. The van der Waals surface area contributed by atoms with E-state index >= 15 is 0 Å². The first-order chi connectivity index (χ1) is 14.9. The minimum atomic E-state index is -1.11. The molecule has 1 aliphatic heterocycles. The smallest absolute Gasteiger partial charge is 0.409 e. The van der Waals surface area contributed by atoms with Crippen LogP contribution < -0.4 is 10.2 Å². The molecule has 3 rings (SSSR count). The Hall–Kier alpha value is -3.55. The highest BCUT2D eigenvalue weighted by atomic mass is 16.6. The predicted molar refractivity (Wildman–Crippen MR) is 118 cm³/mol. The molecule has 0 radical (unpaired) electrons. The van der Waals surface area contributed by atoms with Crippen molar-refractivity contribution in [3.63, 3.8) is 0 Å². The Kier molecular flexibility index (Phi) is 7.12. The Bertz CT molecular complexity index is 950. The first-order valence-corrected chi connectivity index (χ1v) is 10.3. The van der Waals surface area contributed by atoms with Crippen LogP contribution >= 0.6 is 0 Å². The quantitative estimate of drug-likeness (QED) is 0.738. The number of hydrogen-bond acceptors (Lipinski definition) is 5. The van der Waals surface area contributed by atoms with E-state index in [1.807, 2.05) is 36.1 Å². The number of piperazine rings is 1. The van der Waals surface area contributed by atoms with Crippen molar-refractivity contribution in [2.45, 2.75) is 20.3 Å². The van der Waals surface area contributed by atoms with Crippen LogP contribution in [-0.4, -0.2) is 60.8 Å². The molecule has 0 spiro atoms. The van der Waals surface area contributed by atoms with Crippen LogP contribution in [0.15, 0.2) is 42.5 Å². The van der Waals surface area contributed by atoms with E-state index in [-0.39, 0.29) is 29.7 Å². The topological polar surface area (TPSA) is 99.2 Å². The molecule has 8 nitrogen and oxygen atoms in total. The lowest BCUT2D eigenvalue weighted by atomic mass is 10.1. The van der Waals surface area contributed by atoms with Gasteiger partial charge in [0, 0.05) is 31.9 Å². The second kappa shape index (κ2) is 9.97. The summed E-state index contributed by atoms with van der Waals surface area (Å²) in [6.45, 7) is 6.20. The molecule has 2 aromatic rings. The van der Waals surface area contributed by atoms with E-state index in [2.05, 4.69) is 5.32 Å². The maximum Gasteiger partial charge on any atom is 0.409 e. The Balaban J connectivity index is 1.67. The van der Waals surface area contributed by atoms with Crippen molar-refractivity contribution < 1.29 is 24.2 Å². The molecule has 0 unspecified atom stereocenters. The number of hydrogen-bond donors (Lipinski definition) is 2. The molecule has 31 heavy (non-hydrogen) atoms. The van der Waals surface area contributed by atoms with E-state index in [1.165, 1.54) is 0 Å². The number of anilines is 2. The molecule has 0 atom stereocenters. The highest BCUT2D eigenvalue weighted by Gasteiger charge is 2.23. The van der Waals surface area contributed by atoms with Gasteiger partial charge in [-0.05, 0) is 37.6 Å². The van der Waals surface area contributed by atoms with Crippen molar-refractivity contribution >= 4 is 29.3 Å². The molecule has 0 aromatic heterocycles. The molecule has 164 valence electrons. The molecule has 2 aromatic carbocycles. The molecule has 0 saturated carbocycles. The molecular formula is C23H27N3O5. The number of aromatic carboxylic acids is 1. The third-order valence-electron chi connectivity index (χ3n) is 5.16. The van der Waals surface area contributed by atoms with Gasteiger partial charge in [0.1, 0.15) is 0 Å². The van der Waals surface area contributed by atoms with Crippen LogP contribution in [0.4, 0.5) is 16.2 Å². The number of carbonyl (C=O) groups is 3. The minimum Gasteiger partial charge on any atom is -0.478 e. The normalized spacial score (nSPS) is 13.6. The molecule has 8 heteroatoms. The van der Waals surface area contributed by atoms with Crippen LogP contribution in [0.3, 0.4) is 0 Å². The van der Waals surface area contributed by atoms with Gasteiger partial charge in [0.15, 0.2) is 0 Å². The lowest BCUT2D eigenvalue weighted by Crippen LogP contribution is -2.49. The molecular weight excluding hydrogens is 398 g/mol. The van der Waals surface area contributed by atoms with Gasteiger partial charge in [-0.1, -0.05) is 29.8 Å². The molecule has 1 aliphatic rings. The summed E-state index contributed by atoms with van der Waals surface area (Å²) < 4.78 is 5.02. The van der Waals surface area contributed by atoms with E-state index < -0.39 is 5.97 Å². The first kappa shape index (κ1) is 22.1. The Morgan fingerprint density at radius 3 is 2.32 bits per heavy atom. The largest absolute Gasteiger partial charge is 0.478 e. The number of nitrogens with zero attached hydrogens (tertiary/aromatic N) is 2. The summed E-state index contributed by atoms with van der Waals surface area (Å²) >= 11 is 0.